The van der Waals surface area contributed by atoms with E-state index in [0.29, 0.717) is 41.9 Å². The molecule has 2 N–H and O–H groups in total. The van der Waals surface area contributed by atoms with Gasteiger partial charge in [-0.25, -0.2) is 4.85 Å². The first-order valence-corrected chi connectivity index (χ1v) is 8.64. The predicted octanol–water partition coefficient (Wildman–Crippen LogP) is 3.81. The average molecular weight is 333 g/mol. The first-order valence-electron chi connectivity index (χ1n) is 8.64. The molecule has 6 heteroatoms. The van der Waals surface area contributed by atoms with Gasteiger partial charge in [-0.15, -0.1) is 0 Å². The van der Waals surface area contributed by atoms with Crippen LogP contribution in [-0.4, -0.2) is 16.3 Å². The number of nitrogens with two attached hydrogens (primary N) is 1. The molecule has 4 rings (SSSR count). The summed E-state index contributed by atoms with van der Waals surface area (Å²) in [4.78, 5) is 3.44. The standard InChI is InChI=1S/C19H19N5O/c1-22-15-8-12(11-21)9-16(10-15)25-19-17(13-2-3-13)23-24(7-6-20)18(19)14-4-5-14/h8-10,13-14H,2-7,20H2. The topological polar surface area (TPSA) is 81.2 Å². The Balaban J connectivity index is 1.77. The molecule has 1 heterocycles. The third-order valence-corrected chi connectivity index (χ3v) is 4.61. The van der Waals surface area contributed by atoms with Gasteiger partial charge in [-0.1, -0.05) is 0 Å². The van der Waals surface area contributed by atoms with Crippen molar-refractivity contribution < 1.29 is 4.74 Å². The van der Waals surface area contributed by atoms with Gasteiger partial charge in [-0.05, 0) is 43.9 Å². The third kappa shape index (κ3) is 3.09. The summed E-state index contributed by atoms with van der Waals surface area (Å²) in [5.41, 5.74) is 8.72. The smallest absolute Gasteiger partial charge is 0.192 e. The second-order valence-electron chi connectivity index (χ2n) is 6.70. The second kappa shape index (κ2) is 6.23. The molecule has 2 fully saturated rings. The van der Waals surface area contributed by atoms with E-state index < -0.39 is 0 Å². The van der Waals surface area contributed by atoms with Crippen molar-refractivity contribution in [2.75, 3.05) is 6.54 Å². The van der Waals surface area contributed by atoms with E-state index in [2.05, 4.69) is 10.9 Å². The number of nitrogens with zero attached hydrogens (tertiary/aromatic N) is 4. The van der Waals surface area contributed by atoms with E-state index >= 15 is 0 Å². The van der Waals surface area contributed by atoms with Crippen molar-refractivity contribution in [3.8, 4) is 17.6 Å². The van der Waals surface area contributed by atoms with E-state index in [-0.39, 0.29) is 0 Å². The fraction of sp³-hybridized carbons (Fsp3) is 0.421. The van der Waals surface area contributed by atoms with Crippen molar-refractivity contribution in [1.29, 1.82) is 5.26 Å². The molecule has 25 heavy (non-hydrogen) atoms. The van der Waals surface area contributed by atoms with Crippen molar-refractivity contribution in [2.45, 2.75) is 44.1 Å². The number of nitriles is 1. The Bertz CT molecular complexity index is 862. The molecule has 2 saturated carbocycles. The molecular weight excluding hydrogens is 314 g/mol. The molecule has 2 aliphatic carbocycles. The normalized spacial score (nSPS) is 16.3. The van der Waals surface area contributed by atoms with Gasteiger partial charge in [0.05, 0.1) is 24.9 Å². The lowest BCUT2D eigenvalue weighted by Crippen LogP contribution is -2.13. The number of benzene rings is 1. The Hall–Kier alpha value is -2.83. The summed E-state index contributed by atoms with van der Waals surface area (Å²) in [7, 11) is 0. The van der Waals surface area contributed by atoms with Crippen molar-refractivity contribution in [2.24, 2.45) is 5.73 Å². The predicted molar refractivity (Wildman–Crippen MR) is 92.7 cm³/mol. The maximum absolute atomic E-state index is 9.19. The minimum atomic E-state index is 0.407. The molecule has 1 aromatic heterocycles. The zero-order valence-corrected chi connectivity index (χ0v) is 13.9. The molecule has 0 amide bonds. The van der Waals surface area contributed by atoms with E-state index in [1.165, 1.54) is 0 Å². The van der Waals surface area contributed by atoms with Crippen LogP contribution < -0.4 is 10.5 Å². The van der Waals surface area contributed by atoms with Crippen LogP contribution in [-0.2, 0) is 6.54 Å². The number of ether oxygens (including phenoxy) is 1. The first-order chi connectivity index (χ1) is 12.2. The van der Waals surface area contributed by atoms with Crippen molar-refractivity contribution in [3.05, 3.63) is 46.6 Å². The summed E-state index contributed by atoms with van der Waals surface area (Å²) < 4.78 is 8.24. The maximum atomic E-state index is 9.19. The number of hydrogen-bond acceptors (Lipinski definition) is 4. The molecule has 2 aromatic rings. The Morgan fingerprint density at radius 3 is 2.64 bits per heavy atom. The van der Waals surface area contributed by atoms with E-state index in [9.17, 15) is 5.26 Å². The Morgan fingerprint density at radius 1 is 1.28 bits per heavy atom. The minimum absolute atomic E-state index is 0.407. The molecule has 6 nitrogen and oxygen atoms in total. The van der Waals surface area contributed by atoms with Crippen LogP contribution in [0.2, 0.25) is 0 Å². The van der Waals surface area contributed by atoms with Gasteiger partial charge in [0, 0.05) is 23.9 Å². The summed E-state index contributed by atoms with van der Waals surface area (Å²) in [6, 6.07) is 7.03. The Kier molecular flexibility index (Phi) is 3.91. The van der Waals surface area contributed by atoms with Crippen LogP contribution in [0.15, 0.2) is 18.2 Å². The van der Waals surface area contributed by atoms with Crippen LogP contribution in [0.3, 0.4) is 0 Å². The number of aromatic nitrogens is 2. The van der Waals surface area contributed by atoms with Gasteiger partial charge in [0.2, 0.25) is 0 Å². The lowest BCUT2D eigenvalue weighted by molar-refractivity contribution is 0.467. The van der Waals surface area contributed by atoms with Crippen LogP contribution in [0.4, 0.5) is 5.69 Å². The average Bonchev–Trinajstić information content (AvgIpc) is 3.54. The zero-order chi connectivity index (χ0) is 17.4. The highest BCUT2D eigenvalue weighted by Crippen LogP contribution is 2.52. The Labute approximate surface area is 146 Å². The van der Waals surface area contributed by atoms with Crippen LogP contribution in [0.25, 0.3) is 4.85 Å². The molecule has 1 aromatic carbocycles. The highest BCUT2D eigenvalue weighted by atomic mass is 16.5. The van der Waals surface area contributed by atoms with E-state index in [4.69, 9.17) is 22.1 Å². The van der Waals surface area contributed by atoms with Crippen LogP contribution in [0.1, 0.15) is 54.5 Å². The minimum Gasteiger partial charge on any atom is -0.455 e. The van der Waals surface area contributed by atoms with Crippen molar-refractivity contribution >= 4 is 5.69 Å². The van der Waals surface area contributed by atoms with Gasteiger partial charge in [0.15, 0.2) is 11.4 Å². The molecule has 126 valence electrons. The maximum Gasteiger partial charge on any atom is 0.192 e. The number of rotatable bonds is 6. The molecule has 0 bridgehead atoms. The van der Waals surface area contributed by atoms with Crippen LogP contribution in [0, 0.1) is 17.9 Å². The number of hydrogen-bond donors (Lipinski definition) is 1. The van der Waals surface area contributed by atoms with Gasteiger partial charge in [0.25, 0.3) is 0 Å². The fourth-order valence-corrected chi connectivity index (χ4v) is 3.14. The summed E-state index contributed by atoms with van der Waals surface area (Å²) in [6.07, 6.45) is 4.54. The van der Waals surface area contributed by atoms with E-state index in [0.717, 1.165) is 42.8 Å². The Morgan fingerprint density at radius 2 is 2.04 bits per heavy atom. The highest BCUT2D eigenvalue weighted by Gasteiger charge is 2.38. The molecule has 0 spiro atoms. The summed E-state index contributed by atoms with van der Waals surface area (Å²) in [5.74, 6) is 2.28. The highest BCUT2D eigenvalue weighted by molar-refractivity contribution is 5.56. The molecule has 2 aliphatic rings. The summed E-state index contributed by atoms with van der Waals surface area (Å²) in [5, 5.41) is 14.0. The van der Waals surface area contributed by atoms with Crippen molar-refractivity contribution in [1.82, 2.24) is 9.78 Å². The second-order valence-corrected chi connectivity index (χ2v) is 6.70. The largest absolute Gasteiger partial charge is 0.455 e. The van der Waals surface area contributed by atoms with Crippen LogP contribution >= 0.6 is 0 Å². The molecule has 0 radical (unpaired) electrons. The van der Waals surface area contributed by atoms with Gasteiger partial charge < -0.3 is 10.5 Å². The zero-order valence-electron chi connectivity index (χ0n) is 13.9. The third-order valence-electron chi connectivity index (χ3n) is 4.61. The van der Waals surface area contributed by atoms with Gasteiger partial charge >= 0.3 is 0 Å². The van der Waals surface area contributed by atoms with Gasteiger partial charge in [-0.2, -0.15) is 10.4 Å². The summed E-state index contributed by atoms with van der Waals surface area (Å²) in [6.45, 7) is 8.44. The molecular formula is C19H19N5O. The fourth-order valence-electron chi connectivity index (χ4n) is 3.14. The lowest BCUT2D eigenvalue weighted by atomic mass is 10.1. The van der Waals surface area contributed by atoms with E-state index in [1.807, 2.05) is 4.68 Å². The SMILES string of the molecule is [C-]#[N+]c1cc(C#N)cc(Oc2c(C3CC3)nn(CCN)c2C2CC2)c1. The van der Waals surface area contributed by atoms with Crippen molar-refractivity contribution in [3.63, 3.8) is 0 Å². The van der Waals surface area contributed by atoms with Crippen LogP contribution in [0.5, 0.6) is 11.5 Å². The quantitative estimate of drug-likeness (QED) is 0.815. The molecule has 0 unspecified atom stereocenters. The van der Waals surface area contributed by atoms with Gasteiger partial charge in [0.1, 0.15) is 11.4 Å². The molecule has 0 aliphatic heterocycles. The lowest BCUT2D eigenvalue weighted by Gasteiger charge is -2.10. The molecule has 0 atom stereocenters. The van der Waals surface area contributed by atoms with E-state index in [1.54, 1.807) is 18.2 Å². The molecule has 0 saturated heterocycles. The van der Waals surface area contributed by atoms with Gasteiger partial charge in [-0.3, -0.25) is 4.68 Å². The summed E-state index contributed by atoms with van der Waals surface area (Å²) >= 11 is 0. The first kappa shape index (κ1) is 15.7. The monoisotopic (exact) mass is 333 g/mol.